The number of aromatic nitrogens is 1. The monoisotopic (exact) mass is 225 g/mol. The molecule has 0 amide bonds. The zero-order valence-corrected chi connectivity index (χ0v) is 8.09. The van der Waals surface area contributed by atoms with Crippen LogP contribution in [0.3, 0.4) is 0 Å². The Balaban J connectivity index is 2.74. The molecule has 0 saturated carbocycles. The van der Waals surface area contributed by atoms with Crippen molar-refractivity contribution in [1.82, 2.24) is 4.98 Å². The molecule has 1 heterocycles. The van der Waals surface area contributed by atoms with E-state index in [-0.39, 0.29) is 16.1 Å². The van der Waals surface area contributed by atoms with Gasteiger partial charge in [0.25, 0.3) is 0 Å². The lowest BCUT2D eigenvalue weighted by Crippen LogP contribution is -2.23. The van der Waals surface area contributed by atoms with Crippen LogP contribution in [-0.4, -0.2) is 21.3 Å². The Labute approximate surface area is 80.8 Å². The van der Waals surface area contributed by atoms with Crippen molar-refractivity contribution in [3.63, 3.8) is 0 Å². The number of aryl methyl sites for hydroxylation is 1. The van der Waals surface area contributed by atoms with Crippen molar-refractivity contribution >= 4 is 29.1 Å². The van der Waals surface area contributed by atoms with Gasteiger partial charge in [0.2, 0.25) is 0 Å². The number of thiazole rings is 1. The van der Waals surface area contributed by atoms with Gasteiger partial charge in [0.15, 0.2) is 4.34 Å². The lowest BCUT2D eigenvalue weighted by Gasteiger charge is -2.06. The predicted molar refractivity (Wildman–Crippen MR) is 45.3 cm³/mol. The van der Waals surface area contributed by atoms with Crippen LogP contribution in [0.2, 0.25) is 0 Å². The average molecular weight is 225 g/mol. The Kier molecular flexibility index (Phi) is 2.87. The Morgan fingerprint density at radius 3 is 2.77 bits per heavy atom. The molecule has 0 radical (unpaired) electrons. The van der Waals surface area contributed by atoms with E-state index in [0.29, 0.717) is 5.69 Å². The third-order valence-corrected chi connectivity index (χ3v) is 3.05. The molecule has 0 aliphatic carbocycles. The summed E-state index contributed by atoms with van der Waals surface area (Å²) in [4.78, 5) is 13.8. The maximum Gasteiger partial charge on any atom is 0.395 e. The summed E-state index contributed by atoms with van der Waals surface area (Å²) in [7, 11) is 0. The Hall–Kier alpha value is -0.690. The number of rotatable bonds is 3. The first kappa shape index (κ1) is 10.4. The molecule has 0 bridgehead atoms. The maximum atomic E-state index is 12.6. The lowest BCUT2D eigenvalue weighted by molar-refractivity contribution is -0.152. The van der Waals surface area contributed by atoms with E-state index in [2.05, 4.69) is 4.98 Å². The summed E-state index contributed by atoms with van der Waals surface area (Å²) >= 11 is 0.952. The summed E-state index contributed by atoms with van der Waals surface area (Å²) in [5, 5.41) is 5.90. The largest absolute Gasteiger partial charge is 0.476 e. The quantitative estimate of drug-likeness (QED) is 0.801. The van der Waals surface area contributed by atoms with Crippen molar-refractivity contribution in [2.45, 2.75) is 16.5 Å². The Morgan fingerprint density at radius 2 is 2.38 bits per heavy atom. The molecule has 3 nitrogen and oxygen atoms in total. The van der Waals surface area contributed by atoms with Gasteiger partial charge >= 0.3 is 11.2 Å². The molecule has 0 fully saturated rings. The van der Waals surface area contributed by atoms with Crippen LogP contribution >= 0.6 is 23.1 Å². The second-order valence-electron chi connectivity index (χ2n) is 2.18. The number of nitrogens with zero attached hydrogens (tertiary/aromatic N) is 1. The maximum absolute atomic E-state index is 12.6. The van der Waals surface area contributed by atoms with E-state index in [4.69, 9.17) is 5.11 Å². The van der Waals surface area contributed by atoms with E-state index in [1.807, 2.05) is 0 Å². The van der Waals surface area contributed by atoms with E-state index < -0.39 is 11.2 Å². The molecule has 0 aromatic carbocycles. The van der Waals surface area contributed by atoms with Crippen molar-refractivity contribution in [3.8, 4) is 0 Å². The third-order valence-electron chi connectivity index (χ3n) is 1.06. The van der Waals surface area contributed by atoms with Crippen LogP contribution in [0.5, 0.6) is 0 Å². The van der Waals surface area contributed by atoms with Crippen molar-refractivity contribution < 1.29 is 18.7 Å². The fourth-order valence-corrected chi connectivity index (χ4v) is 2.20. The van der Waals surface area contributed by atoms with Gasteiger partial charge in [-0.25, -0.2) is 9.78 Å². The first-order valence-electron chi connectivity index (χ1n) is 3.14. The number of carboxylic acid groups (broad SMARTS) is 1. The molecule has 1 N–H and O–H groups in total. The smallest absolute Gasteiger partial charge is 0.395 e. The molecule has 13 heavy (non-hydrogen) atoms. The van der Waals surface area contributed by atoms with Gasteiger partial charge < -0.3 is 5.11 Å². The van der Waals surface area contributed by atoms with Crippen molar-refractivity contribution in [2.24, 2.45) is 0 Å². The van der Waals surface area contributed by atoms with E-state index in [0.717, 1.165) is 11.3 Å². The van der Waals surface area contributed by atoms with Gasteiger partial charge in [-0.15, -0.1) is 11.3 Å². The second kappa shape index (κ2) is 3.59. The lowest BCUT2D eigenvalue weighted by atomic mass is 10.6. The normalized spacial score (nSPS) is 11.6. The highest BCUT2D eigenvalue weighted by atomic mass is 32.2. The van der Waals surface area contributed by atoms with Gasteiger partial charge in [-0.3, -0.25) is 0 Å². The number of carboxylic acids is 1. The average Bonchev–Trinajstić information content (AvgIpc) is 2.34. The number of thioether (sulfide) groups is 1. The van der Waals surface area contributed by atoms with Crippen LogP contribution in [0.25, 0.3) is 0 Å². The number of aliphatic carboxylic acids is 1. The molecule has 0 spiro atoms. The summed E-state index contributed by atoms with van der Waals surface area (Å²) in [5.41, 5.74) is 0.605. The molecule has 1 rings (SSSR count). The van der Waals surface area contributed by atoms with Crippen LogP contribution in [0.1, 0.15) is 5.69 Å². The molecule has 0 saturated heterocycles. The fraction of sp³-hybridized carbons (Fsp3) is 0.333. The molecule has 0 aliphatic rings. The molecule has 1 aromatic heterocycles. The predicted octanol–water partition coefficient (Wildman–Crippen LogP) is 2.22. The SMILES string of the molecule is Cc1csc(SC(F)(F)C(=O)O)n1. The first-order valence-corrected chi connectivity index (χ1v) is 4.84. The number of halogens is 2. The molecule has 7 heteroatoms. The van der Waals surface area contributed by atoms with Gasteiger partial charge in [0.05, 0.1) is 0 Å². The Morgan fingerprint density at radius 1 is 1.77 bits per heavy atom. The van der Waals surface area contributed by atoms with Gasteiger partial charge in [-0.2, -0.15) is 8.78 Å². The standard InChI is InChI=1S/C6H5F2NO2S2/c1-3-2-12-5(9-3)13-6(7,8)4(10)11/h2H,1H3,(H,10,11). The minimum Gasteiger partial charge on any atom is -0.476 e. The highest BCUT2D eigenvalue weighted by Gasteiger charge is 2.41. The fourth-order valence-electron chi connectivity index (χ4n) is 0.533. The van der Waals surface area contributed by atoms with E-state index in [1.54, 1.807) is 12.3 Å². The van der Waals surface area contributed by atoms with Crippen LogP contribution in [0.15, 0.2) is 9.72 Å². The van der Waals surface area contributed by atoms with Gasteiger partial charge in [-0.05, 0) is 18.7 Å². The van der Waals surface area contributed by atoms with E-state index in [1.165, 1.54) is 0 Å². The molecule has 1 aromatic rings. The van der Waals surface area contributed by atoms with Gasteiger partial charge in [-0.1, -0.05) is 0 Å². The number of hydrogen-bond donors (Lipinski definition) is 1. The summed E-state index contributed by atoms with van der Waals surface area (Å²) < 4.78 is 25.2. The van der Waals surface area contributed by atoms with Gasteiger partial charge in [0.1, 0.15) is 0 Å². The topological polar surface area (TPSA) is 50.2 Å². The van der Waals surface area contributed by atoms with Crippen LogP contribution in [0, 0.1) is 6.92 Å². The summed E-state index contributed by atoms with van der Waals surface area (Å²) in [6, 6.07) is 0. The minimum atomic E-state index is -3.80. The summed E-state index contributed by atoms with van der Waals surface area (Å²) in [5.74, 6) is -2.15. The summed E-state index contributed by atoms with van der Waals surface area (Å²) in [6.07, 6.45) is 0. The van der Waals surface area contributed by atoms with Crippen LogP contribution in [0.4, 0.5) is 8.78 Å². The molecule has 0 aliphatic heterocycles. The first-order chi connectivity index (χ1) is 5.92. The highest BCUT2D eigenvalue weighted by Crippen LogP contribution is 2.37. The Bertz CT molecular complexity index is 326. The van der Waals surface area contributed by atoms with Gasteiger partial charge in [0, 0.05) is 11.1 Å². The number of alkyl halides is 2. The summed E-state index contributed by atoms with van der Waals surface area (Å²) in [6.45, 7) is 1.65. The molecule has 72 valence electrons. The zero-order chi connectivity index (χ0) is 10.1. The molecule has 0 unspecified atom stereocenters. The molecular weight excluding hydrogens is 220 g/mol. The number of carbonyl (C=O) groups is 1. The molecule has 0 atom stereocenters. The third kappa shape index (κ3) is 2.63. The zero-order valence-electron chi connectivity index (χ0n) is 6.45. The highest BCUT2D eigenvalue weighted by molar-refractivity contribution is 8.02. The second-order valence-corrected chi connectivity index (χ2v) is 4.40. The molecular formula is C6H5F2NO2S2. The van der Waals surface area contributed by atoms with Crippen molar-refractivity contribution in [3.05, 3.63) is 11.1 Å². The van der Waals surface area contributed by atoms with Crippen LogP contribution < -0.4 is 0 Å². The van der Waals surface area contributed by atoms with E-state index >= 15 is 0 Å². The minimum absolute atomic E-state index is 0.0506. The number of hydrogen-bond acceptors (Lipinski definition) is 4. The van der Waals surface area contributed by atoms with E-state index in [9.17, 15) is 13.6 Å². The van der Waals surface area contributed by atoms with Crippen LogP contribution in [-0.2, 0) is 4.79 Å². The van der Waals surface area contributed by atoms with Crippen molar-refractivity contribution in [2.75, 3.05) is 0 Å². The van der Waals surface area contributed by atoms with Crippen molar-refractivity contribution in [1.29, 1.82) is 0 Å².